The van der Waals surface area contributed by atoms with Crippen LogP contribution in [0.1, 0.15) is 64.2 Å². The van der Waals surface area contributed by atoms with E-state index in [1.807, 2.05) is 61.5 Å². The molecule has 0 bridgehead atoms. The molecule has 3 aromatic carbocycles. The van der Waals surface area contributed by atoms with Gasteiger partial charge in [-0.05, 0) is 54.2 Å². The first-order valence-electron chi connectivity index (χ1n) is 21.2. The second kappa shape index (κ2) is 24.5. The van der Waals surface area contributed by atoms with Crippen LogP contribution in [-0.4, -0.2) is 105 Å². The van der Waals surface area contributed by atoms with E-state index in [0.717, 1.165) is 56.0 Å². The molecule has 1 saturated heterocycles. The zero-order valence-corrected chi connectivity index (χ0v) is 38.0. The number of methoxy groups -OCH3 is 1. The van der Waals surface area contributed by atoms with Gasteiger partial charge in [-0.15, -0.1) is 0 Å². The van der Waals surface area contributed by atoms with Gasteiger partial charge in [0, 0.05) is 85.6 Å². The normalized spacial score (nSPS) is 13.7. The lowest BCUT2D eigenvalue weighted by Gasteiger charge is -2.26. The van der Waals surface area contributed by atoms with E-state index in [-0.39, 0.29) is 5.41 Å². The van der Waals surface area contributed by atoms with Crippen molar-refractivity contribution in [2.45, 2.75) is 59.3 Å². The highest BCUT2D eigenvalue weighted by molar-refractivity contribution is 7.92. The van der Waals surface area contributed by atoms with E-state index in [0.29, 0.717) is 97.7 Å². The minimum Gasteiger partial charge on any atom is -0.593 e. The van der Waals surface area contributed by atoms with Crippen LogP contribution in [0, 0.1) is 0 Å². The first-order valence-corrected chi connectivity index (χ1v) is 22.7. The molecule has 0 saturated carbocycles. The smallest absolute Gasteiger partial charge is 0.323 e. The number of rotatable bonds is 23. The predicted molar refractivity (Wildman–Crippen MR) is 248 cm³/mol. The number of carbonyl (C=O) groups is 1. The molecule has 4 N–H and O–H groups in total. The Labute approximate surface area is 369 Å². The van der Waals surface area contributed by atoms with Crippen molar-refractivity contribution in [3.8, 4) is 23.1 Å². The summed E-state index contributed by atoms with van der Waals surface area (Å²) in [5.74, 6) is 2.49. The molecule has 1 fully saturated rings. The Morgan fingerprint density at radius 2 is 1.68 bits per heavy atom. The molecule has 1 aromatic heterocycles. The maximum atomic E-state index is 13.5. The lowest BCUT2D eigenvalue weighted by molar-refractivity contribution is 0.00706. The van der Waals surface area contributed by atoms with Crippen LogP contribution in [0.25, 0.3) is 6.08 Å². The van der Waals surface area contributed by atoms with Crippen LogP contribution in [0.4, 0.5) is 33.5 Å². The third-order valence-corrected chi connectivity index (χ3v) is 10.2. The minimum absolute atomic E-state index is 0.200. The van der Waals surface area contributed by atoms with E-state index in [4.69, 9.17) is 28.4 Å². The Kier molecular flexibility index (Phi) is 19.0. The summed E-state index contributed by atoms with van der Waals surface area (Å²) in [5.41, 5.74) is 5.01. The van der Waals surface area contributed by atoms with Gasteiger partial charge >= 0.3 is 6.03 Å². The molecule has 0 radical (unpaired) electrons. The van der Waals surface area contributed by atoms with Crippen LogP contribution in [0.15, 0.2) is 66.9 Å². The number of benzene rings is 3. The highest BCUT2D eigenvalue weighted by Crippen LogP contribution is 2.35. The van der Waals surface area contributed by atoms with Crippen LogP contribution in [0.2, 0.25) is 0 Å². The Bertz CT molecular complexity index is 2060. The number of urea groups is 1. The Balaban J connectivity index is 1.19. The number of morpholine rings is 1. The fourth-order valence-electron chi connectivity index (χ4n) is 6.52. The summed E-state index contributed by atoms with van der Waals surface area (Å²) in [7, 11) is 1.60. The van der Waals surface area contributed by atoms with E-state index in [9.17, 15) is 9.35 Å². The molecule has 5 rings (SSSR count). The lowest BCUT2D eigenvalue weighted by Crippen LogP contribution is -2.38. The number of nitrogens with zero attached hydrogens (tertiary/aromatic N) is 3. The van der Waals surface area contributed by atoms with E-state index in [1.54, 1.807) is 31.7 Å². The highest BCUT2D eigenvalue weighted by atomic mass is 32.2. The van der Waals surface area contributed by atoms with Gasteiger partial charge in [-0.3, -0.25) is 4.90 Å². The average molecular weight is 874 g/mol. The minimum atomic E-state index is -1.28. The second-order valence-electron chi connectivity index (χ2n) is 15.6. The van der Waals surface area contributed by atoms with Crippen LogP contribution < -0.4 is 34.9 Å². The van der Waals surface area contributed by atoms with Gasteiger partial charge in [-0.1, -0.05) is 46.8 Å². The third kappa shape index (κ3) is 15.7. The lowest BCUT2D eigenvalue weighted by atomic mass is 9.86. The van der Waals surface area contributed by atoms with Gasteiger partial charge in [0.25, 0.3) is 0 Å². The highest BCUT2D eigenvalue weighted by Gasteiger charge is 2.19. The molecule has 1 aliphatic heterocycles. The van der Waals surface area contributed by atoms with Gasteiger partial charge < -0.3 is 48.9 Å². The fraction of sp³-hybridized carbons (Fsp3) is 0.457. The maximum Gasteiger partial charge on any atom is 0.323 e. The van der Waals surface area contributed by atoms with Crippen molar-refractivity contribution in [3.05, 3.63) is 83.6 Å². The van der Waals surface area contributed by atoms with Crippen molar-refractivity contribution < 1.29 is 37.8 Å². The monoisotopic (exact) mass is 873 g/mol. The van der Waals surface area contributed by atoms with E-state index in [1.165, 1.54) is 0 Å². The number of anilines is 5. The summed E-state index contributed by atoms with van der Waals surface area (Å²) >= 11 is -1.28. The standard InChI is InChI=1S/C46H63N7O8S/c1-8-10-12-40-39(9-2)42(14-13-41(40)50-45(54)49-34-27-33(46(3,4)5)28-36(29-34)52-62(7)55)61-43-15-16-47-44(51-43)48-35-30-37(56-6)32-38(31-35)60-21-11-20-57-25-26-59-24-19-53-17-22-58-23-18-53/h10,12-16,27-32,52H,8-9,11,17-26H2,1-7H3,(H,47,48,51)(H2,49,50,54)/b12-10-. The SMILES string of the molecule is CC/C=C\c1c(NC(=O)Nc2cc(N[S+](C)[O-])cc(C(C)(C)C)c2)ccc(Oc2ccnc(Nc3cc(OC)cc(OCCCOCCOCCN4CCOCC4)c3)n2)c1CC. The molecule has 2 heterocycles. The Morgan fingerprint density at radius 1 is 0.919 bits per heavy atom. The van der Waals surface area contributed by atoms with Crippen molar-refractivity contribution in [2.75, 3.05) is 99.9 Å². The van der Waals surface area contributed by atoms with Crippen LogP contribution in [-0.2, 0) is 37.4 Å². The number of ether oxygens (including phenoxy) is 6. The van der Waals surface area contributed by atoms with Crippen LogP contribution >= 0.6 is 0 Å². The number of hydrogen-bond acceptors (Lipinski definition) is 13. The van der Waals surface area contributed by atoms with Crippen LogP contribution in [0.3, 0.4) is 0 Å². The molecular formula is C46H63N7O8S. The zero-order chi connectivity index (χ0) is 44.3. The van der Waals surface area contributed by atoms with Gasteiger partial charge in [-0.25, -0.2) is 14.5 Å². The van der Waals surface area contributed by atoms with Gasteiger partial charge in [0.05, 0.1) is 69.5 Å². The first-order chi connectivity index (χ1) is 29.9. The summed E-state index contributed by atoms with van der Waals surface area (Å²) in [6.45, 7) is 17.6. The number of nitrogens with one attached hydrogen (secondary N) is 4. The average Bonchev–Trinajstić information content (AvgIpc) is 3.24. The topological polar surface area (TPSA) is 173 Å². The summed E-state index contributed by atoms with van der Waals surface area (Å²) in [6.07, 6.45) is 9.34. The number of allylic oxidation sites excluding steroid dienone is 1. The molecule has 1 aliphatic rings. The first kappa shape index (κ1) is 47.9. The largest absolute Gasteiger partial charge is 0.593 e. The molecule has 4 aromatic rings. The number of aromatic nitrogens is 2. The zero-order valence-electron chi connectivity index (χ0n) is 37.1. The molecule has 2 amide bonds. The van der Waals surface area contributed by atoms with Gasteiger partial charge in [-0.2, -0.15) is 4.98 Å². The molecule has 16 heteroatoms. The summed E-state index contributed by atoms with van der Waals surface area (Å²) in [4.78, 5) is 24.9. The van der Waals surface area contributed by atoms with Crippen molar-refractivity contribution in [3.63, 3.8) is 0 Å². The van der Waals surface area contributed by atoms with Gasteiger partial charge in [0.15, 0.2) is 0 Å². The quantitative estimate of drug-likeness (QED) is 0.0412. The van der Waals surface area contributed by atoms with Crippen molar-refractivity contribution in [2.24, 2.45) is 0 Å². The molecule has 15 nitrogen and oxygen atoms in total. The van der Waals surface area contributed by atoms with Gasteiger partial charge in [0.2, 0.25) is 11.8 Å². The van der Waals surface area contributed by atoms with Crippen molar-refractivity contribution in [1.29, 1.82) is 0 Å². The summed E-state index contributed by atoms with van der Waals surface area (Å²) < 4.78 is 49.7. The summed E-state index contributed by atoms with van der Waals surface area (Å²) in [5, 5.41) is 9.25. The molecule has 0 spiro atoms. The molecule has 0 aliphatic carbocycles. The summed E-state index contributed by atoms with van der Waals surface area (Å²) in [6, 6.07) is 16.1. The van der Waals surface area contributed by atoms with E-state index < -0.39 is 17.4 Å². The molecule has 1 atom stereocenters. The van der Waals surface area contributed by atoms with Crippen LogP contribution in [0.5, 0.6) is 23.1 Å². The van der Waals surface area contributed by atoms with E-state index in [2.05, 4.69) is 63.2 Å². The Morgan fingerprint density at radius 3 is 2.40 bits per heavy atom. The number of amides is 2. The van der Waals surface area contributed by atoms with Crippen molar-refractivity contribution in [1.82, 2.24) is 14.9 Å². The number of hydrogen-bond donors (Lipinski definition) is 4. The Hall–Kier alpha value is -5.10. The fourth-order valence-corrected chi connectivity index (χ4v) is 6.97. The number of carbonyl (C=O) groups excluding carboxylic acids is 1. The third-order valence-electron chi connectivity index (χ3n) is 9.70. The molecule has 336 valence electrons. The van der Waals surface area contributed by atoms with E-state index >= 15 is 0 Å². The molecule has 62 heavy (non-hydrogen) atoms. The molecular weight excluding hydrogens is 811 g/mol. The molecule has 1 unspecified atom stereocenters. The predicted octanol–water partition coefficient (Wildman–Crippen LogP) is 8.79. The van der Waals surface area contributed by atoms with Crippen molar-refractivity contribution >= 4 is 52.2 Å². The van der Waals surface area contributed by atoms with Gasteiger partial charge in [0.1, 0.15) is 23.5 Å². The second-order valence-corrected chi connectivity index (χ2v) is 16.7. The maximum absolute atomic E-state index is 13.5.